The van der Waals surface area contributed by atoms with Crippen molar-refractivity contribution in [3.05, 3.63) is 181 Å². The van der Waals surface area contributed by atoms with Crippen LogP contribution < -0.4 is 0 Å². The molecule has 0 fully saturated rings. The molecule has 246 valence electrons. The van der Waals surface area contributed by atoms with E-state index in [1.54, 1.807) is 0 Å². The highest BCUT2D eigenvalue weighted by atomic mass is 15.0. The van der Waals surface area contributed by atoms with Crippen molar-refractivity contribution in [1.82, 2.24) is 19.5 Å². The Morgan fingerprint density at radius 2 is 0.962 bits per heavy atom. The van der Waals surface area contributed by atoms with Gasteiger partial charge in [-0.25, -0.2) is 15.0 Å². The molecule has 0 radical (unpaired) electrons. The van der Waals surface area contributed by atoms with Gasteiger partial charge in [-0.3, -0.25) is 0 Å². The molecule has 0 N–H and O–H groups in total. The summed E-state index contributed by atoms with van der Waals surface area (Å²) in [4.78, 5) is 15.0. The molecule has 0 aliphatic heterocycles. The molecule has 7 aromatic carbocycles. The molecule has 0 bridgehead atoms. The van der Waals surface area contributed by atoms with Gasteiger partial charge >= 0.3 is 0 Å². The molecule has 0 saturated heterocycles. The number of para-hydroxylation sites is 1. The van der Waals surface area contributed by atoms with Crippen molar-refractivity contribution in [3.8, 4) is 62.1 Å². The van der Waals surface area contributed by atoms with Gasteiger partial charge in [-0.15, -0.1) is 0 Å². The second kappa shape index (κ2) is 11.7. The number of fused-ring (bicyclic) bond motifs is 6. The van der Waals surface area contributed by atoms with Crippen LogP contribution >= 0.6 is 0 Å². The Labute approximate surface area is 302 Å². The minimum atomic E-state index is -0.105. The molecule has 1 aliphatic rings. The zero-order chi connectivity index (χ0) is 34.8. The molecule has 4 nitrogen and oxygen atoms in total. The first-order valence-corrected chi connectivity index (χ1v) is 17.8. The van der Waals surface area contributed by atoms with E-state index in [0.29, 0.717) is 17.5 Å². The number of aromatic nitrogens is 4. The third-order valence-corrected chi connectivity index (χ3v) is 10.6. The fourth-order valence-corrected chi connectivity index (χ4v) is 8.21. The quantitative estimate of drug-likeness (QED) is 0.184. The molecule has 0 atom stereocenters. The molecule has 0 unspecified atom stereocenters. The summed E-state index contributed by atoms with van der Waals surface area (Å²) in [6.07, 6.45) is 0. The van der Waals surface area contributed by atoms with Gasteiger partial charge in [0.2, 0.25) is 0 Å². The number of nitrogens with zero attached hydrogens (tertiary/aromatic N) is 4. The van der Waals surface area contributed by atoms with Gasteiger partial charge in [-0.05, 0) is 63.7 Å². The van der Waals surface area contributed by atoms with Crippen LogP contribution in [0, 0.1) is 0 Å². The number of hydrogen-bond donors (Lipinski definition) is 0. The van der Waals surface area contributed by atoms with E-state index in [1.807, 2.05) is 60.7 Å². The highest BCUT2D eigenvalue weighted by Crippen LogP contribution is 2.52. The van der Waals surface area contributed by atoms with E-state index < -0.39 is 0 Å². The van der Waals surface area contributed by atoms with Crippen LogP contribution in [0.4, 0.5) is 0 Å². The standard InChI is InChI=1S/C48H34N4/c1-48(2)41-24-13-12-21-37(41)39-23-14-22-36(44(39)48)33-26-28-42-40(29-33)38-27-25-34(30-43(38)52(42)35-19-10-5-11-20-35)47-50-45(31-15-6-3-7-16-31)49-46(51-47)32-17-8-4-9-18-32/h3-30H,1-2H3. The second-order valence-electron chi connectivity index (χ2n) is 14.1. The van der Waals surface area contributed by atoms with E-state index >= 15 is 0 Å². The summed E-state index contributed by atoms with van der Waals surface area (Å²) in [6, 6.07) is 60.1. The summed E-state index contributed by atoms with van der Waals surface area (Å²) in [6.45, 7) is 4.71. The molecular weight excluding hydrogens is 633 g/mol. The van der Waals surface area contributed by atoms with Crippen LogP contribution in [0.1, 0.15) is 25.0 Å². The molecule has 0 amide bonds. The van der Waals surface area contributed by atoms with E-state index in [-0.39, 0.29) is 5.41 Å². The first kappa shape index (κ1) is 30.2. The Kier molecular flexibility index (Phi) is 6.80. The zero-order valence-corrected chi connectivity index (χ0v) is 29.0. The van der Waals surface area contributed by atoms with Crippen LogP contribution in [0.25, 0.3) is 83.9 Å². The maximum atomic E-state index is 5.05. The molecule has 4 heteroatoms. The maximum absolute atomic E-state index is 5.05. The molecule has 10 rings (SSSR count). The first-order valence-electron chi connectivity index (χ1n) is 17.8. The van der Waals surface area contributed by atoms with Crippen molar-refractivity contribution in [2.24, 2.45) is 0 Å². The smallest absolute Gasteiger partial charge is 0.164 e. The van der Waals surface area contributed by atoms with Crippen molar-refractivity contribution in [3.63, 3.8) is 0 Å². The van der Waals surface area contributed by atoms with E-state index in [0.717, 1.165) is 33.4 Å². The highest BCUT2D eigenvalue weighted by molar-refractivity contribution is 6.11. The van der Waals surface area contributed by atoms with Crippen molar-refractivity contribution in [2.45, 2.75) is 19.3 Å². The van der Waals surface area contributed by atoms with Crippen LogP contribution in [0.3, 0.4) is 0 Å². The minimum Gasteiger partial charge on any atom is -0.309 e. The monoisotopic (exact) mass is 666 g/mol. The van der Waals surface area contributed by atoms with Gasteiger partial charge in [0.1, 0.15) is 0 Å². The highest BCUT2D eigenvalue weighted by Gasteiger charge is 2.37. The third-order valence-electron chi connectivity index (χ3n) is 10.6. The topological polar surface area (TPSA) is 43.6 Å². The normalized spacial score (nSPS) is 13.0. The lowest BCUT2D eigenvalue weighted by molar-refractivity contribution is 0.662. The van der Waals surface area contributed by atoms with Gasteiger partial charge < -0.3 is 4.57 Å². The van der Waals surface area contributed by atoms with Gasteiger partial charge in [-0.1, -0.05) is 153 Å². The molecule has 0 saturated carbocycles. The molecule has 9 aromatic rings. The van der Waals surface area contributed by atoms with Gasteiger partial charge in [0.25, 0.3) is 0 Å². The van der Waals surface area contributed by atoms with E-state index in [1.165, 1.54) is 44.2 Å². The summed E-state index contributed by atoms with van der Waals surface area (Å²) >= 11 is 0. The lowest BCUT2D eigenvalue weighted by atomic mass is 9.79. The Bertz CT molecular complexity index is 2740. The number of hydrogen-bond acceptors (Lipinski definition) is 3. The number of rotatable bonds is 5. The van der Waals surface area contributed by atoms with Gasteiger partial charge in [0, 0.05) is 38.6 Å². The third kappa shape index (κ3) is 4.72. The summed E-state index contributed by atoms with van der Waals surface area (Å²) in [7, 11) is 0. The molecule has 2 heterocycles. The maximum Gasteiger partial charge on any atom is 0.164 e. The summed E-state index contributed by atoms with van der Waals surface area (Å²) in [5.41, 5.74) is 14.0. The summed E-state index contributed by atoms with van der Waals surface area (Å²) in [5, 5.41) is 2.39. The van der Waals surface area contributed by atoms with E-state index in [2.05, 4.69) is 128 Å². The van der Waals surface area contributed by atoms with Crippen molar-refractivity contribution in [2.75, 3.05) is 0 Å². The Morgan fingerprint density at radius 3 is 1.65 bits per heavy atom. The summed E-state index contributed by atoms with van der Waals surface area (Å²) in [5.74, 6) is 1.94. The molecule has 0 spiro atoms. The van der Waals surface area contributed by atoms with E-state index in [9.17, 15) is 0 Å². The lowest BCUT2D eigenvalue weighted by Gasteiger charge is -2.24. The van der Waals surface area contributed by atoms with Crippen LogP contribution in [0.2, 0.25) is 0 Å². The van der Waals surface area contributed by atoms with Gasteiger partial charge in [-0.2, -0.15) is 0 Å². The average Bonchev–Trinajstić information content (AvgIpc) is 3.66. The van der Waals surface area contributed by atoms with Crippen LogP contribution in [0.15, 0.2) is 170 Å². The van der Waals surface area contributed by atoms with Crippen molar-refractivity contribution in [1.29, 1.82) is 0 Å². The lowest BCUT2D eigenvalue weighted by Crippen LogP contribution is -2.16. The second-order valence-corrected chi connectivity index (χ2v) is 14.1. The summed E-state index contributed by atoms with van der Waals surface area (Å²) < 4.78 is 2.37. The SMILES string of the molecule is CC1(C)c2ccccc2-c2cccc(-c3ccc4c(c3)c3ccc(-c5nc(-c6ccccc6)nc(-c6ccccc6)n5)cc3n4-c3ccccc3)c21. The van der Waals surface area contributed by atoms with Crippen LogP contribution in [0.5, 0.6) is 0 Å². The van der Waals surface area contributed by atoms with Gasteiger partial charge in [0.15, 0.2) is 17.5 Å². The van der Waals surface area contributed by atoms with Crippen molar-refractivity contribution < 1.29 is 0 Å². The minimum absolute atomic E-state index is 0.105. The molecular formula is C48H34N4. The molecule has 1 aliphatic carbocycles. The van der Waals surface area contributed by atoms with Crippen LogP contribution in [-0.2, 0) is 5.41 Å². The predicted octanol–water partition coefficient (Wildman–Crippen LogP) is 11.9. The fourth-order valence-electron chi connectivity index (χ4n) is 8.21. The van der Waals surface area contributed by atoms with Crippen molar-refractivity contribution >= 4 is 21.8 Å². The first-order chi connectivity index (χ1) is 25.5. The number of benzene rings is 7. The Hall–Kier alpha value is -6.65. The van der Waals surface area contributed by atoms with E-state index in [4.69, 9.17) is 15.0 Å². The Morgan fingerprint density at radius 1 is 0.404 bits per heavy atom. The molecule has 52 heavy (non-hydrogen) atoms. The molecule has 2 aromatic heterocycles. The average molecular weight is 667 g/mol. The predicted molar refractivity (Wildman–Crippen MR) is 213 cm³/mol. The van der Waals surface area contributed by atoms with Gasteiger partial charge in [0.05, 0.1) is 11.0 Å². The largest absolute Gasteiger partial charge is 0.309 e. The fraction of sp³-hybridized carbons (Fsp3) is 0.0625. The van der Waals surface area contributed by atoms with Crippen LogP contribution in [-0.4, -0.2) is 19.5 Å². The zero-order valence-electron chi connectivity index (χ0n) is 29.0. The Balaban J connectivity index is 1.19.